The molecular weight excluding hydrogens is 293 g/mol. The zero-order valence-corrected chi connectivity index (χ0v) is 12.4. The third kappa shape index (κ3) is 4.96. The van der Waals surface area contributed by atoms with E-state index in [9.17, 15) is 0 Å². The number of nitrogens with one attached hydrogen (secondary N) is 2. The van der Waals surface area contributed by atoms with Crippen LogP contribution in [0.5, 0.6) is 0 Å². The van der Waals surface area contributed by atoms with Gasteiger partial charge in [0.15, 0.2) is 0 Å². The molecule has 0 radical (unpaired) electrons. The smallest absolute Gasteiger partial charge is 0.129 e. The van der Waals surface area contributed by atoms with E-state index in [0.717, 1.165) is 16.8 Å². The van der Waals surface area contributed by atoms with Crippen molar-refractivity contribution >= 4 is 42.4 Å². The topological polar surface area (TPSA) is 61.9 Å². The lowest BCUT2D eigenvalue weighted by Crippen LogP contribution is -2.16. The molecule has 2 aromatic rings. The third-order valence-electron chi connectivity index (χ3n) is 2.55. The molecule has 0 aliphatic carbocycles. The van der Waals surface area contributed by atoms with Crippen molar-refractivity contribution in [1.29, 1.82) is 5.41 Å². The Balaban J connectivity index is 0.00000180. The SMILES string of the molecule is Cl.Cl.N=C(NC=Cc1ccccc1N)c1ccccc1. The second-order valence-electron chi connectivity index (χ2n) is 3.85. The summed E-state index contributed by atoms with van der Waals surface area (Å²) < 4.78 is 0. The lowest BCUT2D eigenvalue weighted by molar-refractivity contribution is 1.23. The molecule has 2 rings (SSSR count). The first-order chi connectivity index (χ1) is 8.77. The first-order valence-electron chi connectivity index (χ1n) is 5.69. The minimum absolute atomic E-state index is 0. The number of anilines is 1. The van der Waals surface area contributed by atoms with E-state index in [1.54, 1.807) is 6.20 Å². The van der Waals surface area contributed by atoms with Crippen molar-refractivity contribution in [3.8, 4) is 0 Å². The molecule has 0 spiro atoms. The highest BCUT2D eigenvalue weighted by Gasteiger charge is 1.96. The average Bonchev–Trinajstić information content (AvgIpc) is 2.42. The van der Waals surface area contributed by atoms with E-state index in [0.29, 0.717) is 5.84 Å². The summed E-state index contributed by atoms with van der Waals surface area (Å²) in [7, 11) is 0. The summed E-state index contributed by atoms with van der Waals surface area (Å²) in [4.78, 5) is 0. The van der Waals surface area contributed by atoms with E-state index in [1.807, 2.05) is 60.7 Å². The van der Waals surface area contributed by atoms with Gasteiger partial charge in [-0.25, -0.2) is 0 Å². The minimum atomic E-state index is 0. The Bertz CT molecular complexity index is 568. The molecule has 0 amide bonds. The number of hydrogen-bond donors (Lipinski definition) is 3. The number of halogens is 2. The fourth-order valence-electron chi connectivity index (χ4n) is 1.57. The molecule has 20 heavy (non-hydrogen) atoms. The molecule has 0 aliphatic rings. The van der Waals surface area contributed by atoms with Crippen LogP contribution in [0.25, 0.3) is 6.08 Å². The molecule has 0 atom stereocenters. The zero-order chi connectivity index (χ0) is 12.8. The normalized spacial score (nSPS) is 9.40. The predicted molar refractivity (Wildman–Crippen MR) is 90.8 cm³/mol. The fraction of sp³-hybridized carbons (Fsp3) is 0. The van der Waals surface area contributed by atoms with E-state index in [4.69, 9.17) is 11.1 Å². The zero-order valence-electron chi connectivity index (χ0n) is 10.7. The Hall–Kier alpha value is -1.97. The largest absolute Gasteiger partial charge is 0.398 e. The molecule has 0 heterocycles. The summed E-state index contributed by atoms with van der Waals surface area (Å²) in [6, 6.07) is 17.1. The van der Waals surface area contributed by atoms with Gasteiger partial charge in [0.1, 0.15) is 5.84 Å². The molecule has 4 N–H and O–H groups in total. The number of nitrogen functional groups attached to an aromatic ring is 1. The molecule has 0 fully saturated rings. The second kappa shape index (κ2) is 9.02. The van der Waals surface area contributed by atoms with Gasteiger partial charge in [0.2, 0.25) is 0 Å². The summed E-state index contributed by atoms with van der Waals surface area (Å²) in [6.45, 7) is 0. The van der Waals surface area contributed by atoms with Crippen LogP contribution in [0.1, 0.15) is 11.1 Å². The van der Waals surface area contributed by atoms with Gasteiger partial charge in [-0.05, 0) is 17.7 Å². The van der Waals surface area contributed by atoms with Crippen LogP contribution in [0, 0.1) is 5.41 Å². The lowest BCUT2D eigenvalue weighted by Gasteiger charge is -2.03. The van der Waals surface area contributed by atoms with E-state index >= 15 is 0 Å². The average molecular weight is 310 g/mol. The molecular formula is C15H17Cl2N3. The molecule has 3 nitrogen and oxygen atoms in total. The third-order valence-corrected chi connectivity index (χ3v) is 2.55. The first-order valence-corrected chi connectivity index (χ1v) is 5.69. The number of para-hydroxylation sites is 1. The second-order valence-corrected chi connectivity index (χ2v) is 3.85. The minimum Gasteiger partial charge on any atom is -0.398 e. The molecule has 106 valence electrons. The Morgan fingerprint density at radius 3 is 2.20 bits per heavy atom. The fourth-order valence-corrected chi connectivity index (χ4v) is 1.57. The molecule has 0 saturated carbocycles. The highest BCUT2D eigenvalue weighted by molar-refractivity contribution is 5.97. The molecule has 0 saturated heterocycles. The van der Waals surface area contributed by atoms with Gasteiger partial charge in [0.05, 0.1) is 0 Å². The van der Waals surface area contributed by atoms with E-state index < -0.39 is 0 Å². The Morgan fingerprint density at radius 2 is 1.55 bits per heavy atom. The number of amidine groups is 1. The summed E-state index contributed by atoms with van der Waals surface area (Å²) in [5.41, 5.74) is 8.33. The summed E-state index contributed by atoms with van der Waals surface area (Å²) in [6.07, 6.45) is 3.58. The van der Waals surface area contributed by atoms with Gasteiger partial charge < -0.3 is 11.1 Å². The van der Waals surface area contributed by atoms with E-state index in [-0.39, 0.29) is 24.8 Å². The van der Waals surface area contributed by atoms with Crippen LogP contribution >= 0.6 is 24.8 Å². The number of nitrogens with two attached hydrogens (primary N) is 1. The van der Waals surface area contributed by atoms with Crippen LogP contribution in [0.3, 0.4) is 0 Å². The van der Waals surface area contributed by atoms with Gasteiger partial charge in [-0.1, -0.05) is 48.5 Å². The Kier molecular flexibility index (Phi) is 8.13. The van der Waals surface area contributed by atoms with Crippen LogP contribution < -0.4 is 11.1 Å². The standard InChI is InChI=1S/C15H15N3.2ClH/c16-14-9-5-4-6-12(14)10-11-18-15(17)13-7-2-1-3-8-13;;/h1-11H,16H2,(H2,17,18);2*1H. The van der Waals surface area contributed by atoms with Gasteiger partial charge in [0, 0.05) is 17.5 Å². The van der Waals surface area contributed by atoms with Crippen molar-refractivity contribution in [2.45, 2.75) is 0 Å². The number of benzene rings is 2. The van der Waals surface area contributed by atoms with Gasteiger partial charge in [0.25, 0.3) is 0 Å². The maximum atomic E-state index is 7.86. The number of rotatable bonds is 3. The van der Waals surface area contributed by atoms with Crippen LogP contribution in [0.2, 0.25) is 0 Å². The van der Waals surface area contributed by atoms with Crippen molar-refractivity contribution in [2.75, 3.05) is 5.73 Å². The van der Waals surface area contributed by atoms with Crippen molar-refractivity contribution in [3.63, 3.8) is 0 Å². The van der Waals surface area contributed by atoms with E-state index in [1.165, 1.54) is 0 Å². The molecule has 0 aromatic heterocycles. The predicted octanol–water partition coefficient (Wildman–Crippen LogP) is 3.70. The Labute approximate surface area is 131 Å². The maximum Gasteiger partial charge on any atom is 0.129 e. The first kappa shape index (κ1) is 18.0. The maximum absolute atomic E-state index is 7.86. The van der Waals surface area contributed by atoms with Crippen molar-refractivity contribution in [1.82, 2.24) is 5.32 Å². The highest BCUT2D eigenvalue weighted by Crippen LogP contribution is 2.11. The monoisotopic (exact) mass is 309 g/mol. The van der Waals surface area contributed by atoms with Crippen molar-refractivity contribution < 1.29 is 0 Å². The van der Waals surface area contributed by atoms with E-state index in [2.05, 4.69) is 5.32 Å². The van der Waals surface area contributed by atoms with Crippen LogP contribution in [-0.4, -0.2) is 5.84 Å². The molecule has 5 heteroatoms. The molecule has 0 aliphatic heterocycles. The molecule has 2 aromatic carbocycles. The van der Waals surface area contributed by atoms with Crippen LogP contribution in [0.4, 0.5) is 5.69 Å². The number of hydrogen-bond acceptors (Lipinski definition) is 2. The summed E-state index contributed by atoms with van der Waals surface area (Å²) >= 11 is 0. The summed E-state index contributed by atoms with van der Waals surface area (Å²) in [5.74, 6) is 0.362. The molecule has 0 unspecified atom stereocenters. The quantitative estimate of drug-likeness (QED) is 0.460. The molecule has 0 bridgehead atoms. The van der Waals surface area contributed by atoms with Crippen LogP contribution in [0.15, 0.2) is 60.8 Å². The summed E-state index contributed by atoms with van der Waals surface area (Å²) in [5, 5.41) is 10.8. The van der Waals surface area contributed by atoms with Crippen molar-refractivity contribution in [3.05, 3.63) is 71.9 Å². The highest BCUT2D eigenvalue weighted by atomic mass is 35.5. The lowest BCUT2D eigenvalue weighted by atomic mass is 10.2. The van der Waals surface area contributed by atoms with Gasteiger partial charge in [-0.3, -0.25) is 5.41 Å². The van der Waals surface area contributed by atoms with Gasteiger partial charge >= 0.3 is 0 Å². The van der Waals surface area contributed by atoms with Crippen molar-refractivity contribution in [2.24, 2.45) is 0 Å². The van der Waals surface area contributed by atoms with Gasteiger partial charge in [-0.2, -0.15) is 0 Å². The van der Waals surface area contributed by atoms with Crippen LogP contribution in [-0.2, 0) is 0 Å². The Morgan fingerprint density at radius 1 is 0.950 bits per heavy atom. The van der Waals surface area contributed by atoms with Gasteiger partial charge in [-0.15, -0.1) is 24.8 Å².